The molecule has 0 amide bonds. The molecule has 0 aromatic carbocycles. The van der Waals surface area contributed by atoms with Gasteiger partial charge in [0.2, 0.25) is 0 Å². The smallest absolute Gasteiger partial charge is 0.0558 e. The number of aliphatic hydroxyl groups is 1. The molecule has 0 aliphatic heterocycles. The van der Waals surface area contributed by atoms with Crippen LogP contribution in [0.3, 0.4) is 0 Å². The molecule has 0 spiro atoms. The molecule has 1 heterocycles. The van der Waals surface area contributed by atoms with Crippen molar-refractivity contribution in [2.45, 2.75) is 6.54 Å². The van der Waals surface area contributed by atoms with Crippen LogP contribution < -0.4 is 0 Å². The number of hydrogen-bond donors (Lipinski definition) is 1. The minimum atomic E-state index is 0.237. The van der Waals surface area contributed by atoms with Gasteiger partial charge in [0.15, 0.2) is 0 Å². The Balaban J connectivity index is 2.31. The Morgan fingerprint density at radius 1 is 1.64 bits per heavy atom. The summed E-state index contributed by atoms with van der Waals surface area (Å²) in [5, 5.41) is 12.8. The second-order valence-electron chi connectivity index (χ2n) is 2.59. The summed E-state index contributed by atoms with van der Waals surface area (Å²) in [6.07, 6.45) is 0. The van der Waals surface area contributed by atoms with E-state index < -0.39 is 0 Å². The van der Waals surface area contributed by atoms with Crippen LogP contribution in [0.5, 0.6) is 0 Å². The van der Waals surface area contributed by atoms with E-state index in [0.717, 1.165) is 13.1 Å². The molecule has 2 nitrogen and oxygen atoms in total. The van der Waals surface area contributed by atoms with Crippen molar-refractivity contribution in [1.82, 2.24) is 4.90 Å². The molecule has 0 bridgehead atoms. The first-order valence-corrected chi connectivity index (χ1v) is 4.57. The molecule has 1 rings (SSSR count). The lowest BCUT2D eigenvalue weighted by molar-refractivity contribution is 0.217. The maximum atomic E-state index is 8.63. The van der Waals surface area contributed by atoms with Crippen LogP contribution in [0.15, 0.2) is 16.8 Å². The molecule has 3 heteroatoms. The number of likely N-dealkylation sites (N-methyl/N-ethyl adjacent to an activating group) is 1. The molecule has 0 aliphatic carbocycles. The molecule has 1 aromatic heterocycles. The Hall–Kier alpha value is -0.380. The summed E-state index contributed by atoms with van der Waals surface area (Å²) in [4.78, 5) is 2.10. The van der Waals surface area contributed by atoms with Gasteiger partial charge >= 0.3 is 0 Å². The highest BCUT2D eigenvalue weighted by Gasteiger charge is 1.98. The summed E-state index contributed by atoms with van der Waals surface area (Å²) < 4.78 is 0. The molecule has 0 aliphatic rings. The largest absolute Gasteiger partial charge is 0.395 e. The highest BCUT2D eigenvalue weighted by atomic mass is 32.1. The van der Waals surface area contributed by atoms with E-state index in [-0.39, 0.29) is 6.61 Å². The minimum Gasteiger partial charge on any atom is -0.395 e. The van der Waals surface area contributed by atoms with E-state index in [9.17, 15) is 0 Å². The normalized spacial score (nSPS) is 10.8. The molecule has 1 N–H and O–H groups in total. The van der Waals surface area contributed by atoms with Crippen LogP contribution in [0.2, 0.25) is 0 Å². The van der Waals surface area contributed by atoms with Crippen LogP contribution in [-0.4, -0.2) is 30.2 Å². The summed E-state index contributed by atoms with van der Waals surface area (Å²) >= 11 is 1.71. The Labute approximate surface area is 71.1 Å². The van der Waals surface area contributed by atoms with Gasteiger partial charge in [0.05, 0.1) is 6.61 Å². The van der Waals surface area contributed by atoms with Crippen LogP contribution in [0.4, 0.5) is 0 Å². The van der Waals surface area contributed by atoms with Crippen molar-refractivity contribution in [1.29, 1.82) is 0 Å². The van der Waals surface area contributed by atoms with Gasteiger partial charge in [0, 0.05) is 13.1 Å². The van der Waals surface area contributed by atoms with E-state index in [1.54, 1.807) is 11.3 Å². The van der Waals surface area contributed by atoms with Gasteiger partial charge in [-0.15, -0.1) is 0 Å². The zero-order valence-corrected chi connectivity index (χ0v) is 7.47. The lowest BCUT2D eigenvalue weighted by atomic mass is 10.3. The van der Waals surface area contributed by atoms with Gasteiger partial charge in [-0.2, -0.15) is 11.3 Å². The van der Waals surface area contributed by atoms with Crippen molar-refractivity contribution in [3.63, 3.8) is 0 Å². The molecule has 0 unspecified atom stereocenters. The minimum absolute atomic E-state index is 0.237. The maximum absolute atomic E-state index is 8.63. The fourth-order valence-electron chi connectivity index (χ4n) is 0.944. The molecule has 0 saturated heterocycles. The van der Waals surface area contributed by atoms with Gasteiger partial charge < -0.3 is 5.11 Å². The lowest BCUT2D eigenvalue weighted by Gasteiger charge is -2.13. The van der Waals surface area contributed by atoms with E-state index in [1.807, 2.05) is 7.05 Å². The van der Waals surface area contributed by atoms with Crippen LogP contribution in [-0.2, 0) is 6.54 Å². The van der Waals surface area contributed by atoms with Crippen LogP contribution in [0.25, 0.3) is 0 Å². The average molecular weight is 171 g/mol. The van der Waals surface area contributed by atoms with Gasteiger partial charge in [-0.25, -0.2) is 0 Å². The first-order chi connectivity index (χ1) is 5.33. The fraction of sp³-hybridized carbons (Fsp3) is 0.500. The fourth-order valence-corrected chi connectivity index (χ4v) is 1.60. The second kappa shape index (κ2) is 4.49. The number of hydrogen-bond acceptors (Lipinski definition) is 3. The van der Waals surface area contributed by atoms with E-state index in [2.05, 4.69) is 21.7 Å². The van der Waals surface area contributed by atoms with Crippen molar-refractivity contribution >= 4 is 11.3 Å². The van der Waals surface area contributed by atoms with E-state index in [0.29, 0.717) is 0 Å². The Morgan fingerprint density at radius 2 is 2.45 bits per heavy atom. The molecule has 62 valence electrons. The third kappa shape index (κ3) is 3.01. The quantitative estimate of drug-likeness (QED) is 0.735. The van der Waals surface area contributed by atoms with Crippen molar-refractivity contribution in [3.8, 4) is 0 Å². The third-order valence-corrected chi connectivity index (χ3v) is 2.25. The predicted octanol–water partition coefficient (Wildman–Crippen LogP) is 1.17. The summed E-state index contributed by atoms with van der Waals surface area (Å²) in [6, 6.07) is 2.11. The third-order valence-electron chi connectivity index (χ3n) is 1.51. The van der Waals surface area contributed by atoms with Crippen molar-refractivity contribution in [2.75, 3.05) is 20.2 Å². The van der Waals surface area contributed by atoms with Crippen molar-refractivity contribution in [2.24, 2.45) is 0 Å². The van der Waals surface area contributed by atoms with Crippen molar-refractivity contribution < 1.29 is 5.11 Å². The summed E-state index contributed by atoms with van der Waals surface area (Å²) in [5.41, 5.74) is 1.32. The monoisotopic (exact) mass is 171 g/mol. The maximum Gasteiger partial charge on any atom is 0.0558 e. The van der Waals surface area contributed by atoms with Gasteiger partial charge in [-0.3, -0.25) is 4.90 Å². The molecule has 0 fully saturated rings. The van der Waals surface area contributed by atoms with Crippen LogP contribution in [0.1, 0.15) is 5.56 Å². The second-order valence-corrected chi connectivity index (χ2v) is 3.37. The number of aliphatic hydroxyl groups excluding tert-OH is 1. The zero-order valence-electron chi connectivity index (χ0n) is 6.66. The van der Waals surface area contributed by atoms with E-state index in [4.69, 9.17) is 5.11 Å². The molecule has 0 atom stereocenters. The SMILES string of the molecule is CN(CCO)Cc1ccsc1. The standard InChI is InChI=1S/C8H13NOS/c1-9(3-4-10)6-8-2-5-11-7-8/h2,5,7,10H,3-4,6H2,1H3. The highest BCUT2D eigenvalue weighted by Crippen LogP contribution is 2.07. The molecule has 1 aromatic rings. The van der Waals surface area contributed by atoms with Gasteiger partial charge in [-0.05, 0) is 29.4 Å². The topological polar surface area (TPSA) is 23.5 Å². The van der Waals surface area contributed by atoms with Crippen LogP contribution in [0, 0.1) is 0 Å². The lowest BCUT2D eigenvalue weighted by Crippen LogP contribution is -2.21. The van der Waals surface area contributed by atoms with Gasteiger partial charge in [0.25, 0.3) is 0 Å². The number of rotatable bonds is 4. The first-order valence-electron chi connectivity index (χ1n) is 3.63. The Kier molecular flexibility index (Phi) is 3.56. The molecule has 0 radical (unpaired) electrons. The molecule has 11 heavy (non-hydrogen) atoms. The summed E-state index contributed by atoms with van der Waals surface area (Å²) in [5.74, 6) is 0. The average Bonchev–Trinajstić information content (AvgIpc) is 2.40. The number of nitrogens with zero attached hydrogens (tertiary/aromatic N) is 1. The van der Waals surface area contributed by atoms with E-state index >= 15 is 0 Å². The van der Waals surface area contributed by atoms with Crippen LogP contribution >= 0.6 is 11.3 Å². The Bertz CT molecular complexity index is 186. The number of thiophene rings is 1. The predicted molar refractivity (Wildman–Crippen MR) is 47.7 cm³/mol. The molecule has 0 saturated carbocycles. The van der Waals surface area contributed by atoms with Gasteiger partial charge in [-0.1, -0.05) is 0 Å². The zero-order chi connectivity index (χ0) is 8.10. The Morgan fingerprint density at radius 3 is 3.00 bits per heavy atom. The van der Waals surface area contributed by atoms with Gasteiger partial charge in [0.1, 0.15) is 0 Å². The summed E-state index contributed by atoms with van der Waals surface area (Å²) in [6.45, 7) is 1.92. The summed E-state index contributed by atoms with van der Waals surface area (Å²) in [7, 11) is 2.01. The molecular weight excluding hydrogens is 158 g/mol. The first kappa shape index (κ1) is 8.71. The molecular formula is C8H13NOS. The van der Waals surface area contributed by atoms with Crippen molar-refractivity contribution in [3.05, 3.63) is 22.4 Å². The highest BCUT2D eigenvalue weighted by molar-refractivity contribution is 7.07. The van der Waals surface area contributed by atoms with E-state index in [1.165, 1.54) is 5.56 Å².